The van der Waals surface area contributed by atoms with Gasteiger partial charge in [-0.25, -0.2) is 0 Å². The Kier molecular flexibility index (Phi) is 3.81. The van der Waals surface area contributed by atoms with Crippen LogP contribution in [-0.2, 0) is 19.1 Å². The van der Waals surface area contributed by atoms with E-state index in [0.29, 0.717) is 26.0 Å². The molecule has 18 heavy (non-hydrogen) atoms. The lowest BCUT2D eigenvalue weighted by Crippen LogP contribution is -2.54. The molecule has 0 aromatic carbocycles. The number of nitrogens with zero attached hydrogens (tertiary/aromatic N) is 1. The highest BCUT2D eigenvalue weighted by atomic mass is 16.5. The first kappa shape index (κ1) is 12.8. The van der Waals surface area contributed by atoms with Gasteiger partial charge >= 0.3 is 5.97 Å². The summed E-state index contributed by atoms with van der Waals surface area (Å²) in [5.41, 5.74) is 0. The lowest BCUT2D eigenvalue weighted by molar-refractivity contribution is -0.148. The molecule has 100 valence electrons. The van der Waals surface area contributed by atoms with Crippen molar-refractivity contribution < 1.29 is 24.2 Å². The zero-order valence-electron chi connectivity index (χ0n) is 9.92. The van der Waals surface area contributed by atoms with Gasteiger partial charge in [-0.15, -0.1) is 0 Å². The molecule has 2 heterocycles. The van der Waals surface area contributed by atoms with Gasteiger partial charge < -0.3 is 20.1 Å². The van der Waals surface area contributed by atoms with E-state index < -0.39 is 18.1 Å². The highest BCUT2D eigenvalue weighted by molar-refractivity contribution is 5.91. The maximum Gasteiger partial charge on any atom is 0.305 e. The monoisotopic (exact) mass is 256 g/mol. The van der Waals surface area contributed by atoms with E-state index in [9.17, 15) is 14.4 Å². The second-order valence-corrected chi connectivity index (χ2v) is 4.52. The molecule has 2 rings (SSSR count). The zero-order valence-corrected chi connectivity index (χ0v) is 9.92. The average molecular weight is 256 g/mol. The third kappa shape index (κ3) is 2.79. The van der Waals surface area contributed by atoms with Crippen molar-refractivity contribution in [2.45, 2.75) is 31.3 Å². The van der Waals surface area contributed by atoms with Crippen molar-refractivity contribution >= 4 is 17.8 Å². The number of carboxylic acids is 1. The zero-order chi connectivity index (χ0) is 13.1. The van der Waals surface area contributed by atoms with Crippen molar-refractivity contribution in [3.05, 3.63) is 0 Å². The Morgan fingerprint density at radius 3 is 2.89 bits per heavy atom. The summed E-state index contributed by atoms with van der Waals surface area (Å²) in [5, 5.41) is 11.4. The number of hydrogen-bond acceptors (Lipinski definition) is 4. The van der Waals surface area contributed by atoms with E-state index in [1.165, 1.54) is 4.90 Å². The molecule has 2 aliphatic heterocycles. The minimum atomic E-state index is -0.959. The van der Waals surface area contributed by atoms with Crippen LogP contribution in [0.15, 0.2) is 0 Å². The van der Waals surface area contributed by atoms with Crippen molar-refractivity contribution in [1.29, 1.82) is 0 Å². The SMILES string of the molecule is O=C(O)CC1COCCN1C(=O)[C@H]1CCC(=O)N1. The second kappa shape index (κ2) is 5.34. The Bertz CT molecular complexity index is 370. The van der Waals surface area contributed by atoms with Crippen molar-refractivity contribution in [2.75, 3.05) is 19.8 Å². The molecule has 0 bridgehead atoms. The Balaban J connectivity index is 2.01. The number of morpholine rings is 1. The standard InChI is InChI=1S/C11H16N2O5/c14-9-2-1-8(12-9)11(17)13-3-4-18-6-7(13)5-10(15)16/h7-8H,1-6H2,(H,12,14)(H,15,16)/t7?,8-/m1/s1. The molecule has 2 fully saturated rings. The predicted molar refractivity (Wildman–Crippen MR) is 59.7 cm³/mol. The number of carbonyl (C=O) groups excluding carboxylic acids is 2. The van der Waals surface area contributed by atoms with Crippen LogP contribution < -0.4 is 5.32 Å². The van der Waals surface area contributed by atoms with Crippen LogP contribution in [0.3, 0.4) is 0 Å². The quantitative estimate of drug-likeness (QED) is 0.673. The number of amides is 2. The molecule has 0 aromatic heterocycles. The first-order chi connectivity index (χ1) is 8.58. The molecule has 2 aliphatic rings. The Morgan fingerprint density at radius 1 is 1.50 bits per heavy atom. The normalized spacial score (nSPS) is 28.0. The molecule has 7 nitrogen and oxygen atoms in total. The molecule has 0 radical (unpaired) electrons. The van der Waals surface area contributed by atoms with Crippen LogP contribution in [0, 0.1) is 0 Å². The molecule has 2 amide bonds. The van der Waals surface area contributed by atoms with Gasteiger partial charge in [-0.05, 0) is 6.42 Å². The first-order valence-corrected chi connectivity index (χ1v) is 5.97. The summed E-state index contributed by atoms with van der Waals surface area (Å²) in [5.74, 6) is -1.29. The van der Waals surface area contributed by atoms with Crippen LogP contribution in [0.4, 0.5) is 0 Å². The summed E-state index contributed by atoms with van der Waals surface area (Å²) in [4.78, 5) is 35.6. The van der Waals surface area contributed by atoms with E-state index in [4.69, 9.17) is 9.84 Å². The van der Waals surface area contributed by atoms with Gasteiger partial charge in [-0.1, -0.05) is 0 Å². The van der Waals surface area contributed by atoms with Gasteiger partial charge in [0.1, 0.15) is 6.04 Å². The third-order valence-corrected chi connectivity index (χ3v) is 3.21. The first-order valence-electron chi connectivity index (χ1n) is 5.97. The van der Waals surface area contributed by atoms with Gasteiger partial charge in [0, 0.05) is 13.0 Å². The third-order valence-electron chi connectivity index (χ3n) is 3.21. The summed E-state index contributed by atoms with van der Waals surface area (Å²) >= 11 is 0. The molecule has 1 unspecified atom stereocenters. The van der Waals surface area contributed by atoms with Crippen LogP contribution in [0.5, 0.6) is 0 Å². The molecule has 2 N–H and O–H groups in total. The van der Waals surface area contributed by atoms with Crippen LogP contribution >= 0.6 is 0 Å². The highest BCUT2D eigenvalue weighted by Gasteiger charge is 2.36. The fraction of sp³-hybridized carbons (Fsp3) is 0.727. The van der Waals surface area contributed by atoms with Gasteiger partial charge in [-0.2, -0.15) is 0 Å². The van der Waals surface area contributed by atoms with Crippen molar-refractivity contribution in [1.82, 2.24) is 10.2 Å². The fourth-order valence-electron chi connectivity index (χ4n) is 2.32. The number of ether oxygens (including phenoxy) is 1. The number of carboxylic acid groups (broad SMARTS) is 1. The fourth-order valence-corrected chi connectivity index (χ4v) is 2.32. The smallest absolute Gasteiger partial charge is 0.305 e. The molecule has 0 aromatic rings. The average Bonchev–Trinajstić information content (AvgIpc) is 2.75. The molecule has 2 saturated heterocycles. The van der Waals surface area contributed by atoms with Gasteiger partial charge in [0.15, 0.2) is 0 Å². The van der Waals surface area contributed by atoms with Crippen LogP contribution in [-0.4, -0.2) is 59.6 Å². The summed E-state index contributed by atoms with van der Waals surface area (Å²) in [6, 6.07) is -0.951. The van der Waals surface area contributed by atoms with Gasteiger partial charge in [0.25, 0.3) is 0 Å². The Morgan fingerprint density at radius 2 is 2.28 bits per heavy atom. The lowest BCUT2D eigenvalue weighted by Gasteiger charge is -2.36. The van der Waals surface area contributed by atoms with Crippen molar-refractivity contribution in [2.24, 2.45) is 0 Å². The van der Waals surface area contributed by atoms with E-state index in [0.717, 1.165) is 0 Å². The molecular weight excluding hydrogens is 240 g/mol. The Labute approximate surface area is 104 Å². The van der Waals surface area contributed by atoms with E-state index in [2.05, 4.69) is 5.32 Å². The Hall–Kier alpha value is -1.63. The molecular formula is C11H16N2O5. The number of hydrogen-bond donors (Lipinski definition) is 2. The van der Waals surface area contributed by atoms with Gasteiger partial charge in [0.05, 0.1) is 25.7 Å². The van der Waals surface area contributed by atoms with Crippen LogP contribution in [0.1, 0.15) is 19.3 Å². The summed E-state index contributed by atoms with van der Waals surface area (Å²) in [7, 11) is 0. The highest BCUT2D eigenvalue weighted by Crippen LogP contribution is 2.16. The van der Waals surface area contributed by atoms with Gasteiger partial charge in [-0.3, -0.25) is 14.4 Å². The maximum atomic E-state index is 12.2. The summed E-state index contributed by atoms with van der Waals surface area (Å²) in [6.07, 6.45) is 0.700. The lowest BCUT2D eigenvalue weighted by atomic mass is 10.1. The summed E-state index contributed by atoms with van der Waals surface area (Å²) < 4.78 is 5.20. The molecule has 0 spiro atoms. The van der Waals surface area contributed by atoms with E-state index in [1.54, 1.807) is 0 Å². The van der Waals surface area contributed by atoms with Crippen molar-refractivity contribution in [3.8, 4) is 0 Å². The van der Waals surface area contributed by atoms with Crippen LogP contribution in [0.25, 0.3) is 0 Å². The largest absolute Gasteiger partial charge is 0.481 e. The minimum Gasteiger partial charge on any atom is -0.481 e. The molecule has 0 saturated carbocycles. The molecule has 7 heteroatoms. The topological polar surface area (TPSA) is 95.9 Å². The molecule has 0 aliphatic carbocycles. The second-order valence-electron chi connectivity index (χ2n) is 4.52. The minimum absolute atomic E-state index is 0.128. The predicted octanol–water partition coefficient (Wildman–Crippen LogP) is -1.03. The van der Waals surface area contributed by atoms with E-state index in [1.807, 2.05) is 0 Å². The van der Waals surface area contributed by atoms with Crippen molar-refractivity contribution in [3.63, 3.8) is 0 Å². The maximum absolute atomic E-state index is 12.2. The number of carbonyl (C=O) groups is 3. The summed E-state index contributed by atoms with van der Waals surface area (Å²) in [6.45, 7) is 1.02. The van der Waals surface area contributed by atoms with Crippen LogP contribution in [0.2, 0.25) is 0 Å². The number of nitrogens with one attached hydrogen (secondary N) is 1. The van der Waals surface area contributed by atoms with E-state index >= 15 is 0 Å². The van der Waals surface area contributed by atoms with E-state index in [-0.39, 0.29) is 24.8 Å². The number of rotatable bonds is 3. The number of aliphatic carboxylic acids is 1. The van der Waals surface area contributed by atoms with Gasteiger partial charge in [0.2, 0.25) is 11.8 Å². The molecule has 2 atom stereocenters.